The van der Waals surface area contributed by atoms with Crippen LogP contribution in [0.1, 0.15) is 41.8 Å². The van der Waals surface area contributed by atoms with E-state index in [2.05, 4.69) is 15.5 Å². The van der Waals surface area contributed by atoms with Gasteiger partial charge in [-0.1, -0.05) is 22.5 Å². The maximum atomic E-state index is 14.1. The highest BCUT2D eigenvalue weighted by Crippen LogP contribution is 2.35. The Bertz CT molecular complexity index is 1290. The van der Waals surface area contributed by atoms with Crippen molar-refractivity contribution in [2.45, 2.75) is 62.6 Å². The highest BCUT2D eigenvalue weighted by molar-refractivity contribution is 5.65. The summed E-state index contributed by atoms with van der Waals surface area (Å²) in [6, 6.07) is 5.86. The number of amides is 1. The van der Waals surface area contributed by atoms with Crippen LogP contribution < -0.4 is 0 Å². The Morgan fingerprint density at radius 1 is 1.23 bits per heavy atom. The lowest BCUT2D eigenvalue weighted by Crippen LogP contribution is -2.57. The van der Waals surface area contributed by atoms with Crippen LogP contribution in [0.4, 0.5) is 9.18 Å². The van der Waals surface area contributed by atoms with Gasteiger partial charge in [0.05, 0.1) is 24.6 Å². The molecule has 3 aromatic rings. The number of methoxy groups -OCH3 is 1. The Hall–Kier alpha value is -3.39. The van der Waals surface area contributed by atoms with E-state index in [-0.39, 0.29) is 18.2 Å². The number of hydrogen-bond acceptors (Lipinski definition) is 9. The lowest BCUT2D eigenvalue weighted by Gasteiger charge is -2.43. The minimum Gasteiger partial charge on any atom is -0.465 e. The zero-order chi connectivity index (χ0) is 27.7. The molecule has 0 unspecified atom stereocenters. The number of likely N-dealkylation sites (tertiary alicyclic amines) is 1. The predicted molar refractivity (Wildman–Crippen MR) is 134 cm³/mol. The molecule has 2 fully saturated rings. The van der Waals surface area contributed by atoms with Crippen molar-refractivity contribution in [2.24, 2.45) is 0 Å². The molecule has 12 nitrogen and oxygen atoms in total. The van der Waals surface area contributed by atoms with Gasteiger partial charge in [0.15, 0.2) is 0 Å². The third-order valence-corrected chi connectivity index (χ3v) is 7.67. The highest BCUT2D eigenvalue weighted by atomic mass is 19.1. The van der Waals surface area contributed by atoms with Gasteiger partial charge in [0.25, 0.3) is 0 Å². The van der Waals surface area contributed by atoms with E-state index in [1.165, 1.54) is 22.8 Å². The SMILES string of the molecule is CO[C@@H]1[C@@H](n2cc(-c3ccc(C)c(F)c3)nn2)[C@@H](O)[C@@H](CO)O[C@@H]1Cc1cc(C2CCN(C(=O)O)CC2)on1. The molecule has 0 spiro atoms. The molecule has 4 heterocycles. The Morgan fingerprint density at radius 2 is 2.00 bits per heavy atom. The van der Waals surface area contributed by atoms with E-state index in [1.807, 2.05) is 6.07 Å². The first-order valence-corrected chi connectivity index (χ1v) is 12.9. The average molecular weight is 546 g/mol. The number of halogens is 1. The number of piperidine rings is 1. The topological polar surface area (TPSA) is 156 Å². The summed E-state index contributed by atoms with van der Waals surface area (Å²) in [5, 5.41) is 42.8. The molecule has 2 aliphatic heterocycles. The molecule has 1 aromatic carbocycles. The van der Waals surface area contributed by atoms with Gasteiger partial charge in [-0.15, -0.1) is 5.10 Å². The van der Waals surface area contributed by atoms with Crippen molar-refractivity contribution in [1.29, 1.82) is 0 Å². The van der Waals surface area contributed by atoms with Crippen molar-refractivity contribution in [3.8, 4) is 11.3 Å². The number of aromatic nitrogens is 4. The van der Waals surface area contributed by atoms with Gasteiger partial charge in [0, 0.05) is 44.2 Å². The highest BCUT2D eigenvalue weighted by Gasteiger charge is 2.47. The lowest BCUT2D eigenvalue weighted by atomic mass is 9.90. The van der Waals surface area contributed by atoms with Crippen molar-refractivity contribution >= 4 is 6.09 Å². The summed E-state index contributed by atoms with van der Waals surface area (Å²) in [6.45, 7) is 2.11. The van der Waals surface area contributed by atoms with Crippen LogP contribution in [-0.4, -0.2) is 97.7 Å². The van der Waals surface area contributed by atoms with Crippen LogP contribution in [0.5, 0.6) is 0 Å². The summed E-state index contributed by atoms with van der Waals surface area (Å²) in [5.41, 5.74) is 2.09. The van der Waals surface area contributed by atoms with Crippen LogP contribution in [0, 0.1) is 12.7 Å². The molecule has 2 aliphatic rings. The molecule has 39 heavy (non-hydrogen) atoms. The Balaban J connectivity index is 1.34. The fourth-order valence-electron chi connectivity index (χ4n) is 5.42. The van der Waals surface area contributed by atoms with Gasteiger partial charge in [-0.25, -0.2) is 13.9 Å². The first-order chi connectivity index (χ1) is 18.8. The number of hydrogen-bond donors (Lipinski definition) is 3. The molecular weight excluding hydrogens is 513 g/mol. The summed E-state index contributed by atoms with van der Waals surface area (Å²) < 4.78 is 33.0. The number of carboxylic acid groups (broad SMARTS) is 1. The molecular formula is C26H32FN5O7. The maximum Gasteiger partial charge on any atom is 0.407 e. The van der Waals surface area contributed by atoms with Crippen LogP contribution in [0.2, 0.25) is 0 Å². The van der Waals surface area contributed by atoms with E-state index < -0.39 is 43.2 Å². The summed E-state index contributed by atoms with van der Waals surface area (Å²) in [5.74, 6) is 0.386. The maximum absolute atomic E-state index is 14.1. The number of aliphatic hydroxyl groups is 2. The first kappa shape index (κ1) is 27.2. The Kier molecular flexibility index (Phi) is 7.93. The van der Waals surface area contributed by atoms with Gasteiger partial charge in [-0.05, 0) is 31.4 Å². The second-order valence-electron chi connectivity index (χ2n) is 10.1. The van der Waals surface area contributed by atoms with Crippen molar-refractivity contribution in [3.63, 3.8) is 0 Å². The summed E-state index contributed by atoms with van der Waals surface area (Å²) in [6.07, 6.45) is -1.13. The third kappa shape index (κ3) is 5.53. The molecule has 0 bridgehead atoms. The molecule has 0 radical (unpaired) electrons. The second kappa shape index (κ2) is 11.4. The molecule has 5 rings (SSSR count). The van der Waals surface area contributed by atoms with Crippen LogP contribution in [0.15, 0.2) is 35.0 Å². The second-order valence-corrected chi connectivity index (χ2v) is 10.1. The van der Waals surface area contributed by atoms with Gasteiger partial charge >= 0.3 is 6.09 Å². The van der Waals surface area contributed by atoms with E-state index in [4.69, 9.17) is 14.0 Å². The minimum atomic E-state index is -1.16. The van der Waals surface area contributed by atoms with Gasteiger partial charge in [-0.2, -0.15) is 0 Å². The molecule has 3 N–H and O–H groups in total. The molecule has 210 valence electrons. The number of aryl methyl sites for hydroxylation is 1. The molecule has 2 aromatic heterocycles. The van der Waals surface area contributed by atoms with Crippen LogP contribution in [0.25, 0.3) is 11.3 Å². The molecule has 5 atom stereocenters. The largest absolute Gasteiger partial charge is 0.465 e. The quantitative estimate of drug-likeness (QED) is 0.402. The van der Waals surface area contributed by atoms with E-state index >= 15 is 0 Å². The van der Waals surface area contributed by atoms with Gasteiger partial charge in [-0.3, -0.25) is 0 Å². The van der Waals surface area contributed by atoms with Gasteiger partial charge in [0.2, 0.25) is 0 Å². The van der Waals surface area contributed by atoms with E-state index in [0.29, 0.717) is 54.2 Å². The van der Waals surface area contributed by atoms with Gasteiger partial charge in [0.1, 0.15) is 41.6 Å². The zero-order valence-electron chi connectivity index (χ0n) is 21.7. The van der Waals surface area contributed by atoms with Crippen molar-refractivity contribution in [1.82, 2.24) is 25.1 Å². The smallest absolute Gasteiger partial charge is 0.407 e. The monoisotopic (exact) mass is 545 g/mol. The average Bonchev–Trinajstić information content (AvgIpc) is 3.61. The normalized spacial score (nSPS) is 26.2. The predicted octanol–water partition coefficient (Wildman–Crippen LogP) is 2.16. The number of benzene rings is 1. The molecule has 0 aliphatic carbocycles. The van der Waals surface area contributed by atoms with Gasteiger partial charge < -0.3 is 34.2 Å². The molecule has 0 saturated carbocycles. The minimum absolute atomic E-state index is 0.0623. The summed E-state index contributed by atoms with van der Waals surface area (Å²) >= 11 is 0. The molecule has 2 saturated heterocycles. The Morgan fingerprint density at radius 3 is 2.67 bits per heavy atom. The fraction of sp³-hybridized carbons (Fsp3) is 0.538. The third-order valence-electron chi connectivity index (χ3n) is 7.67. The van der Waals surface area contributed by atoms with E-state index in [0.717, 1.165) is 0 Å². The Labute approximate surface area is 223 Å². The van der Waals surface area contributed by atoms with E-state index in [9.17, 15) is 24.5 Å². The summed E-state index contributed by atoms with van der Waals surface area (Å²) in [4.78, 5) is 12.6. The molecule has 1 amide bonds. The first-order valence-electron chi connectivity index (χ1n) is 12.9. The van der Waals surface area contributed by atoms with Crippen LogP contribution >= 0.6 is 0 Å². The van der Waals surface area contributed by atoms with Crippen LogP contribution in [-0.2, 0) is 15.9 Å². The number of rotatable bonds is 7. The van der Waals surface area contributed by atoms with Crippen molar-refractivity contribution in [3.05, 3.63) is 53.3 Å². The molecule has 13 heteroatoms. The van der Waals surface area contributed by atoms with Crippen molar-refractivity contribution < 1.29 is 38.5 Å². The number of ether oxygens (including phenoxy) is 2. The zero-order valence-corrected chi connectivity index (χ0v) is 21.7. The fourth-order valence-corrected chi connectivity index (χ4v) is 5.42. The summed E-state index contributed by atoms with van der Waals surface area (Å²) in [7, 11) is 1.50. The standard InChI is InChI=1S/C26H32FN5O7/c1-14-3-4-16(9-18(14)27)19-12-32(30-28-19)23-24(34)22(13-33)38-21(25(23)37-2)11-17-10-20(39-29-17)15-5-7-31(8-6-15)26(35)36/h3-4,9-10,12,15,21-25,33-34H,5-8,11,13H2,1-2H3,(H,35,36)/t21-,22-,23+,24+,25+/m1/s1. The lowest BCUT2D eigenvalue weighted by molar-refractivity contribution is -0.212. The number of aliphatic hydroxyl groups excluding tert-OH is 2. The number of carbonyl (C=O) groups is 1. The number of nitrogens with zero attached hydrogens (tertiary/aromatic N) is 5. The van der Waals surface area contributed by atoms with Crippen LogP contribution in [0.3, 0.4) is 0 Å². The van der Waals surface area contributed by atoms with E-state index in [1.54, 1.807) is 25.3 Å². The van der Waals surface area contributed by atoms with Crippen molar-refractivity contribution in [2.75, 3.05) is 26.8 Å².